The van der Waals surface area contributed by atoms with Gasteiger partial charge in [-0.25, -0.2) is 0 Å². The maximum Gasteiger partial charge on any atom is 0.0486 e. The first-order valence-corrected chi connectivity index (χ1v) is 4.34. The number of rotatable bonds is 1. The van der Waals surface area contributed by atoms with E-state index in [0.717, 1.165) is 0 Å². The largest absolute Gasteiger partial charge is 0.358 e. The number of hydrogen-bond donors (Lipinski definition) is 1. The Kier molecular flexibility index (Phi) is 1.89. The summed E-state index contributed by atoms with van der Waals surface area (Å²) in [5.74, 6) is 0. The molecule has 0 aliphatic heterocycles. The van der Waals surface area contributed by atoms with E-state index in [-0.39, 0.29) is 0 Å². The van der Waals surface area contributed by atoms with Gasteiger partial charge in [0, 0.05) is 29.3 Å². The summed E-state index contributed by atoms with van der Waals surface area (Å²) in [6.45, 7) is 4.18. The summed E-state index contributed by atoms with van der Waals surface area (Å²) in [4.78, 5) is 7.33. The van der Waals surface area contributed by atoms with Gasteiger partial charge in [0.2, 0.25) is 0 Å². The van der Waals surface area contributed by atoms with E-state index in [9.17, 15) is 0 Å². The maximum absolute atomic E-state index is 3.99. The van der Waals surface area contributed by atoms with Crippen LogP contribution in [0.1, 0.15) is 11.3 Å². The Bertz CT molecular complexity index is 401. The molecular weight excluding hydrogens is 160 g/mol. The van der Waals surface area contributed by atoms with Crippen LogP contribution in [0.3, 0.4) is 0 Å². The highest BCUT2D eigenvalue weighted by Gasteiger charge is 2.03. The minimum absolute atomic E-state index is 1.19. The van der Waals surface area contributed by atoms with Crippen molar-refractivity contribution in [2.45, 2.75) is 13.8 Å². The first-order valence-electron chi connectivity index (χ1n) is 4.34. The van der Waals surface area contributed by atoms with Crippen LogP contribution in [0.25, 0.3) is 11.3 Å². The van der Waals surface area contributed by atoms with Crippen LogP contribution in [0.5, 0.6) is 0 Å². The summed E-state index contributed by atoms with van der Waals surface area (Å²) in [7, 11) is 0. The minimum Gasteiger partial charge on any atom is -0.358 e. The van der Waals surface area contributed by atoms with E-state index in [2.05, 4.69) is 29.9 Å². The molecule has 0 atom stereocenters. The van der Waals surface area contributed by atoms with Crippen molar-refractivity contribution in [3.8, 4) is 11.3 Å². The zero-order valence-electron chi connectivity index (χ0n) is 7.83. The Labute approximate surface area is 77.6 Å². The Morgan fingerprint density at radius 1 is 1.15 bits per heavy atom. The summed E-state index contributed by atoms with van der Waals surface area (Å²) >= 11 is 0. The van der Waals surface area contributed by atoms with Gasteiger partial charge in [-0.1, -0.05) is 0 Å². The summed E-state index contributed by atoms with van der Waals surface area (Å²) in [6, 6.07) is 6.17. The number of aromatic amines is 1. The van der Waals surface area contributed by atoms with E-state index in [0.29, 0.717) is 0 Å². The van der Waals surface area contributed by atoms with Crippen molar-refractivity contribution >= 4 is 0 Å². The van der Waals surface area contributed by atoms with Crippen LogP contribution in [0.4, 0.5) is 0 Å². The molecule has 0 saturated heterocycles. The van der Waals surface area contributed by atoms with Crippen LogP contribution in [0, 0.1) is 13.8 Å². The molecule has 0 aliphatic rings. The highest BCUT2D eigenvalue weighted by Crippen LogP contribution is 2.21. The fraction of sp³-hybridized carbons (Fsp3) is 0.182. The lowest BCUT2D eigenvalue weighted by atomic mass is 10.1. The number of nitrogens with zero attached hydrogens (tertiary/aromatic N) is 1. The zero-order valence-corrected chi connectivity index (χ0v) is 7.83. The molecule has 2 rings (SSSR count). The van der Waals surface area contributed by atoms with Crippen molar-refractivity contribution in [1.82, 2.24) is 9.97 Å². The molecule has 66 valence electrons. The molecule has 2 aromatic rings. The van der Waals surface area contributed by atoms with Gasteiger partial charge in [-0.3, -0.25) is 4.98 Å². The second-order valence-electron chi connectivity index (χ2n) is 3.25. The summed E-state index contributed by atoms with van der Waals surface area (Å²) in [5.41, 5.74) is 4.87. The minimum atomic E-state index is 1.19. The number of nitrogens with one attached hydrogen (secondary N) is 1. The van der Waals surface area contributed by atoms with Gasteiger partial charge in [-0.2, -0.15) is 0 Å². The fourth-order valence-corrected chi connectivity index (χ4v) is 1.55. The van der Waals surface area contributed by atoms with Gasteiger partial charge in [0.05, 0.1) is 0 Å². The average Bonchev–Trinajstić information content (AvgIpc) is 2.47. The highest BCUT2D eigenvalue weighted by molar-refractivity contribution is 5.63. The van der Waals surface area contributed by atoms with Crippen molar-refractivity contribution in [2.24, 2.45) is 0 Å². The van der Waals surface area contributed by atoms with Crippen LogP contribution in [0.2, 0.25) is 0 Å². The molecule has 2 heterocycles. The van der Waals surface area contributed by atoms with Crippen LogP contribution in [-0.2, 0) is 0 Å². The van der Waals surface area contributed by atoms with Gasteiger partial charge in [0.25, 0.3) is 0 Å². The van der Waals surface area contributed by atoms with Crippen molar-refractivity contribution in [3.05, 3.63) is 41.9 Å². The topological polar surface area (TPSA) is 28.7 Å². The van der Waals surface area contributed by atoms with Crippen LogP contribution in [-0.4, -0.2) is 9.97 Å². The van der Waals surface area contributed by atoms with E-state index in [1.165, 1.54) is 22.5 Å². The smallest absolute Gasteiger partial charge is 0.0486 e. The Morgan fingerprint density at radius 2 is 1.85 bits per heavy atom. The molecule has 0 amide bonds. The molecule has 0 aromatic carbocycles. The van der Waals surface area contributed by atoms with Gasteiger partial charge in [0.1, 0.15) is 0 Å². The zero-order chi connectivity index (χ0) is 9.26. The normalized spacial score (nSPS) is 10.3. The maximum atomic E-state index is 3.99. The highest BCUT2D eigenvalue weighted by atomic mass is 14.7. The van der Waals surface area contributed by atoms with E-state index < -0.39 is 0 Å². The summed E-state index contributed by atoms with van der Waals surface area (Å²) in [6.07, 6.45) is 3.62. The SMILES string of the molecule is Cc1cc(C)c(-c2ccncc2)[nH]1. The molecule has 13 heavy (non-hydrogen) atoms. The van der Waals surface area contributed by atoms with Gasteiger partial charge in [-0.15, -0.1) is 0 Å². The first kappa shape index (κ1) is 8.05. The first-order chi connectivity index (χ1) is 6.27. The van der Waals surface area contributed by atoms with Crippen molar-refractivity contribution < 1.29 is 0 Å². The van der Waals surface area contributed by atoms with Crippen LogP contribution >= 0.6 is 0 Å². The average molecular weight is 172 g/mol. The lowest BCUT2D eigenvalue weighted by Crippen LogP contribution is -1.80. The van der Waals surface area contributed by atoms with E-state index in [4.69, 9.17) is 0 Å². The molecular formula is C11H12N2. The lowest BCUT2D eigenvalue weighted by molar-refractivity contribution is 1.25. The van der Waals surface area contributed by atoms with Gasteiger partial charge in [0.15, 0.2) is 0 Å². The number of aromatic nitrogens is 2. The third kappa shape index (κ3) is 1.47. The van der Waals surface area contributed by atoms with E-state index in [1.54, 1.807) is 0 Å². The fourth-order valence-electron chi connectivity index (χ4n) is 1.55. The van der Waals surface area contributed by atoms with Crippen molar-refractivity contribution in [1.29, 1.82) is 0 Å². The molecule has 0 unspecified atom stereocenters. The number of pyridine rings is 1. The Balaban J connectivity index is 2.53. The predicted octanol–water partition coefficient (Wildman–Crippen LogP) is 2.69. The molecule has 0 aliphatic carbocycles. The summed E-state index contributed by atoms with van der Waals surface area (Å²) < 4.78 is 0. The van der Waals surface area contributed by atoms with E-state index in [1.807, 2.05) is 24.5 Å². The predicted molar refractivity (Wildman–Crippen MR) is 53.5 cm³/mol. The van der Waals surface area contributed by atoms with Crippen molar-refractivity contribution in [2.75, 3.05) is 0 Å². The second-order valence-corrected chi connectivity index (χ2v) is 3.25. The molecule has 1 N–H and O–H groups in total. The number of H-pyrrole nitrogens is 1. The summed E-state index contributed by atoms with van der Waals surface area (Å²) in [5, 5.41) is 0. The molecule has 0 saturated carbocycles. The molecule has 0 bridgehead atoms. The third-order valence-electron chi connectivity index (χ3n) is 2.12. The monoisotopic (exact) mass is 172 g/mol. The number of aryl methyl sites for hydroxylation is 2. The van der Waals surface area contributed by atoms with Gasteiger partial charge in [-0.05, 0) is 37.6 Å². The molecule has 0 radical (unpaired) electrons. The lowest BCUT2D eigenvalue weighted by Gasteiger charge is -1.98. The molecule has 2 nitrogen and oxygen atoms in total. The quantitative estimate of drug-likeness (QED) is 0.704. The van der Waals surface area contributed by atoms with Crippen molar-refractivity contribution in [3.63, 3.8) is 0 Å². The van der Waals surface area contributed by atoms with E-state index >= 15 is 0 Å². The van der Waals surface area contributed by atoms with Gasteiger partial charge >= 0.3 is 0 Å². The molecule has 0 spiro atoms. The third-order valence-corrected chi connectivity index (χ3v) is 2.12. The van der Waals surface area contributed by atoms with Crippen LogP contribution in [0.15, 0.2) is 30.6 Å². The standard InChI is InChI=1S/C11H12N2/c1-8-7-9(2)13-11(8)10-3-5-12-6-4-10/h3-7,13H,1-2H3. The Morgan fingerprint density at radius 3 is 2.38 bits per heavy atom. The number of hydrogen-bond acceptors (Lipinski definition) is 1. The second kappa shape index (κ2) is 3.05. The molecule has 2 aromatic heterocycles. The molecule has 2 heteroatoms. The van der Waals surface area contributed by atoms with Gasteiger partial charge < -0.3 is 4.98 Å². The molecule has 0 fully saturated rings. The Hall–Kier alpha value is -1.57. The van der Waals surface area contributed by atoms with Crippen LogP contribution < -0.4 is 0 Å².